The highest BCUT2D eigenvalue weighted by Crippen LogP contribution is 2.35. The van der Waals surface area contributed by atoms with Gasteiger partial charge in [0.25, 0.3) is 0 Å². The van der Waals surface area contributed by atoms with E-state index in [2.05, 4.69) is 19.9 Å². The van der Waals surface area contributed by atoms with Crippen LogP contribution in [0.15, 0.2) is 72.8 Å². The van der Waals surface area contributed by atoms with E-state index in [1.54, 1.807) is 48.5 Å². The summed E-state index contributed by atoms with van der Waals surface area (Å²) < 4.78 is 31.5. The topological polar surface area (TPSA) is 60.4 Å². The highest BCUT2D eigenvalue weighted by atomic mass is 35.5. The van der Waals surface area contributed by atoms with Gasteiger partial charge in [0, 0.05) is 38.3 Å². The number of benzene rings is 4. The summed E-state index contributed by atoms with van der Waals surface area (Å²) in [7, 11) is 0. The molecule has 12 heteroatoms. The second-order valence-electron chi connectivity index (χ2n) is 11.4. The predicted molar refractivity (Wildman–Crippen MR) is 191 cm³/mol. The fraction of sp³-hybridized carbons (Fsp3) is 0.111. The Bertz CT molecular complexity index is 2580. The van der Waals surface area contributed by atoms with Crippen LogP contribution >= 0.6 is 46.4 Å². The van der Waals surface area contributed by atoms with Crippen LogP contribution in [0.3, 0.4) is 0 Å². The molecule has 4 aromatic heterocycles. The molecule has 8 aromatic rings. The van der Waals surface area contributed by atoms with Gasteiger partial charge in [0.2, 0.25) is 0 Å². The van der Waals surface area contributed by atoms with Gasteiger partial charge in [-0.25, -0.2) is 28.7 Å². The van der Waals surface area contributed by atoms with Crippen LogP contribution in [0.25, 0.3) is 55.9 Å². The molecule has 6 nitrogen and oxygen atoms in total. The molecular weight excluding hydrogens is 696 g/mol. The molecule has 8 rings (SSSR count). The molecule has 48 heavy (non-hydrogen) atoms. The lowest BCUT2D eigenvalue weighted by atomic mass is 10.2. The highest BCUT2D eigenvalue weighted by Gasteiger charge is 2.19. The Kier molecular flexibility index (Phi) is 8.24. The average molecular weight is 720 g/mol. The Morgan fingerprint density at radius 2 is 0.979 bits per heavy atom. The summed E-state index contributed by atoms with van der Waals surface area (Å²) >= 11 is 24.8. The maximum absolute atomic E-state index is 13.8. The third kappa shape index (κ3) is 5.62. The number of hydrogen-bond donors (Lipinski definition) is 0. The Morgan fingerprint density at radius 3 is 1.52 bits per heavy atom. The summed E-state index contributed by atoms with van der Waals surface area (Å²) in [5, 5.41) is 2.14. The van der Waals surface area contributed by atoms with Crippen molar-refractivity contribution in [1.29, 1.82) is 0 Å². The van der Waals surface area contributed by atoms with E-state index in [0.29, 0.717) is 59.4 Å². The molecule has 0 unspecified atom stereocenters. The summed E-state index contributed by atoms with van der Waals surface area (Å²) in [5.41, 5.74) is 9.14. The summed E-state index contributed by atoms with van der Waals surface area (Å²) in [6, 6.07) is 19.5. The van der Waals surface area contributed by atoms with Gasteiger partial charge < -0.3 is 0 Å². The van der Waals surface area contributed by atoms with Crippen LogP contribution in [-0.4, -0.2) is 28.7 Å². The van der Waals surface area contributed by atoms with Crippen molar-refractivity contribution in [3.63, 3.8) is 0 Å². The number of rotatable bonds is 2. The Morgan fingerprint density at radius 1 is 0.500 bits per heavy atom. The maximum Gasteiger partial charge on any atom is 0.146 e. The van der Waals surface area contributed by atoms with E-state index in [-0.39, 0.29) is 11.6 Å². The van der Waals surface area contributed by atoms with Gasteiger partial charge in [-0.3, -0.25) is 8.80 Å². The van der Waals surface area contributed by atoms with Crippen molar-refractivity contribution in [2.45, 2.75) is 27.7 Å². The molecule has 0 amide bonds. The molecule has 4 heterocycles. The zero-order chi connectivity index (χ0) is 34.0. The van der Waals surface area contributed by atoms with E-state index in [4.69, 9.17) is 46.4 Å². The minimum Gasteiger partial charge on any atom is -0.289 e. The number of hydrogen-bond acceptors (Lipinski definition) is 4. The minimum atomic E-state index is -0.330. The first-order chi connectivity index (χ1) is 22.9. The monoisotopic (exact) mass is 718 g/mol. The van der Waals surface area contributed by atoms with Crippen LogP contribution in [0.2, 0.25) is 20.1 Å². The first kappa shape index (κ1) is 32.2. The van der Waals surface area contributed by atoms with Crippen molar-refractivity contribution in [3.05, 3.63) is 127 Å². The van der Waals surface area contributed by atoms with E-state index in [9.17, 15) is 8.78 Å². The van der Waals surface area contributed by atoms with Crippen LogP contribution in [-0.2, 0) is 0 Å². The second kappa shape index (κ2) is 12.3. The normalized spacial score (nSPS) is 11.5. The standard InChI is InChI=1S/2C18H12Cl2FN3/c1-9-17-10(2)23-18(13-7-11(19)3-5-14(13)20)24(17)16-8-12(21)4-6-15(16)22-9;1-9-17-10(2)23-18(11-5-12(19)7-13(20)6-11)24(17)16-8-14(21)3-4-15(16)22-9/h2*3-8H,1-2H3. The van der Waals surface area contributed by atoms with Crippen LogP contribution < -0.4 is 0 Å². The summed E-state index contributed by atoms with van der Waals surface area (Å²) in [4.78, 5) is 18.5. The number of aryl methyl sites for hydroxylation is 4. The molecule has 0 saturated carbocycles. The molecule has 0 aliphatic heterocycles. The Labute approximate surface area is 293 Å². The molecule has 0 radical (unpaired) electrons. The Hall–Kier alpha value is -4.34. The lowest BCUT2D eigenvalue weighted by Crippen LogP contribution is -1.98. The van der Waals surface area contributed by atoms with E-state index in [1.807, 2.05) is 36.5 Å². The van der Waals surface area contributed by atoms with Crippen molar-refractivity contribution in [2.75, 3.05) is 0 Å². The fourth-order valence-electron chi connectivity index (χ4n) is 6.11. The quantitative estimate of drug-likeness (QED) is 0.178. The zero-order valence-electron chi connectivity index (χ0n) is 25.9. The van der Waals surface area contributed by atoms with Crippen LogP contribution in [0, 0.1) is 39.3 Å². The minimum absolute atomic E-state index is 0.323. The summed E-state index contributed by atoms with van der Waals surface area (Å²) in [6.45, 7) is 7.64. The zero-order valence-corrected chi connectivity index (χ0v) is 28.9. The summed E-state index contributed by atoms with van der Waals surface area (Å²) in [6.07, 6.45) is 0. The van der Waals surface area contributed by atoms with E-state index < -0.39 is 0 Å². The van der Waals surface area contributed by atoms with Gasteiger partial charge in [-0.1, -0.05) is 46.4 Å². The SMILES string of the molecule is Cc1nc(-c2cc(Cl)cc(Cl)c2)n2c1c(C)nc1ccc(F)cc12.Cc1nc(-c2cc(Cl)ccc2Cl)n2c1c(C)nc1ccc(F)cc12. The lowest BCUT2D eigenvalue weighted by Gasteiger charge is -2.09. The molecule has 0 aliphatic carbocycles. The van der Waals surface area contributed by atoms with Crippen LogP contribution in [0.4, 0.5) is 8.78 Å². The van der Waals surface area contributed by atoms with E-state index in [0.717, 1.165) is 39.4 Å². The first-order valence-electron chi connectivity index (χ1n) is 14.7. The molecule has 0 bridgehead atoms. The predicted octanol–water partition coefficient (Wildman–Crippen LogP) is 11.2. The fourth-order valence-corrected chi connectivity index (χ4v) is 7.01. The van der Waals surface area contributed by atoms with Crippen LogP contribution in [0.5, 0.6) is 0 Å². The number of imidazole rings is 2. The highest BCUT2D eigenvalue weighted by molar-refractivity contribution is 6.35. The third-order valence-corrected chi connectivity index (χ3v) is 9.01. The second-order valence-corrected chi connectivity index (χ2v) is 13.1. The molecular formula is C36H24Cl4F2N6. The largest absolute Gasteiger partial charge is 0.289 e. The van der Waals surface area contributed by atoms with Gasteiger partial charge in [0.05, 0.1) is 60.9 Å². The van der Waals surface area contributed by atoms with Crippen molar-refractivity contribution in [3.8, 4) is 22.8 Å². The van der Waals surface area contributed by atoms with E-state index >= 15 is 0 Å². The molecule has 0 N–H and O–H groups in total. The van der Waals surface area contributed by atoms with Gasteiger partial charge in [-0.15, -0.1) is 0 Å². The molecule has 0 saturated heterocycles. The number of aromatic nitrogens is 6. The number of nitrogens with zero attached hydrogens (tertiary/aromatic N) is 6. The summed E-state index contributed by atoms with van der Waals surface area (Å²) in [5.74, 6) is 0.629. The van der Waals surface area contributed by atoms with E-state index in [1.165, 1.54) is 24.3 Å². The van der Waals surface area contributed by atoms with Crippen molar-refractivity contribution >= 4 is 79.5 Å². The maximum atomic E-state index is 13.8. The molecule has 240 valence electrons. The van der Waals surface area contributed by atoms with Gasteiger partial charge in [-0.2, -0.15) is 0 Å². The smallest absolute Gasteiger partial charge is 0.146 e. The molecule has 0 spiro atoms. The third-order valence-electron chi connectivity index (χ3n) is 8.01. The first-order valence-corrected chi connectivity index (χ1v) is 16.2. The average Bonchev–Trinajstić information content (AvgIpc) is 3.57. The van der Waals surface area contributed by atoms with Crippen molar-refractivity contribution in [1.82, 2.24) is 28.7 Å². The Balaban J connectivity index is 0.000000152. The number of halogens is 6. The van der Waals surface area contributed by atoms with Gasteiger partial charge in [0.15, 0.2) is 0 Å². The lowest BCUT2D eigenvalue weighted by molar-refractivity contribution is 0.628. The molecule has 0 aliphatic rings. The molecule has 0 fully saturated rings. The van der Waals surface area contributed by atoms with Gasteiger partial charge in [-0.05, 0) is 88.4 Å². The van der Waals surface area contributed by atoms with Crippen molar-refractivity contribution in [2.24, 2.45) is 0 Å². The van der Waals surface area contributed by atoms with Gasteiger partial charge in [0.1, 0.15) is 23.3 Å². The number of fused-ring (bicyclic) bond motifs is 6. The molecule has 4 aromatic carbocycles. The van der Waals surface area contributed by atoms with Crippen LogP contribution in [0.1, 0.15) is 22.8 Å². The van der Waals surface area contributed by atoms with Crippen molar-refractivity contribution < 1.29 is 8.78 Å². The molecule has 0 atom stereocenters. The van der Waals surface area contributed by atoms with Gasteiger partial charge >= 0.3 is 0 Å².